The molecule has 21 heavy (non-hydrogen) atoms. The van der Waals surface area contributed by atoms with Crippen LogP contribution in [0.15, 0.2) is 29.2 Å². The van der Waals surface area contributed by atoms with Crippen LogP contribution in [0.3, 0.4) is 0 Å². The highest BCUT2D eigenvalue weighted by Gasteiger charge is 2.46. The van der Waals surface area contributed by atoms with Crippen LogP contribution in [0.5, 0.6) is 0 Å². The SMILES string of the molecule is N#CCC1(CS(=O)(=O)c2ccc(CCC(=O)O)cc2)CC1. The number of rotatable bonds is 7. The van der Waals surface area contributed by atoms with Gasteiger partial charge in [-0.05, 0) is 42.4 Å². The summed E-state index contributed by atoms with van der Waals surface area (Å²) in [6, 6.07) is 8.41. The Morgan fingerprint density at radius 1 is 1.29 bits per heavy atom. The van der Waals surface area contributed by atoms with Gasteiger partial charge in [0.2, 0.25) is 0 Å². The van der Waals surface area contributed by atoms with Crippen molar-refractivity contribution < 1.29 is 18.3 Å². The minimum absolute atomic E-state index is 0.0159. The Bertz CT molecular complexity index is 667. The third-order valence-electron chi connectivity index (χ3n) is 3.82. The lowest BCUT2D eigenvalue weighted by molar-refractivity contribution is -0.136. The molecule has 1 N–H and O–H groups in total. The van der Waals surface area contributed by atoms with E-state index in [2.05, 4.69) is 6.07 Å². The highest BCUT2D eigenvalue weighted by molar-refractivity contribution is 7.91. The van der Waals surface area contributed by atoms with Gasteiger partial charge in [0.25, 0.3) is 0 Å². The Labute approximate surface area is 124 Å². The molecule has 1 saturated carbocycles. The first kappa shape index (κ1) is 15.5. The summed E-state index contributed by atoms with van der Waals surface area (Å²) in [5.74, 6) is -0.860. The fourth-order valence-corrected chi connectivity index (χ4v) is 4.23. The van der Waals surface area contributed by atoms with E-state index in [1.807, 2.05) is 0 Å². The monoisotopic (exact) mass is 307 g/mol. The van der Waals surface area contributed by atoms with Crippen LogP contribution >= 0.6 is 0 Å². The smallest absolute Gasteiger partial charge is 0.303 e. The first-order valence-electron chi connectivity index (χ1n) is 6.77. The molecule has 1 aromatic carbocycles. The summed E-state index contributed by atoms with van der Waals surface area (Å²) in [5.41, 5.74) is 0.449. The molecule has 1 aliphatic carbocycles. The van der Waals surface area contributed by atoms with Gasteiger partial charge in [-0.2, -0.15) is 5.26 Å². The van der Waals surface area contributed by atoms with Crippen molar-refractivity contribution in [3.05, 3.63) is 29.8 Å². The quantitative estimate of drug-likeness (QED) is 0.833. The summed E-state index contributed by atoms with van der Waals surface area (Å²) in [7, 11) is -3.39. The number of hydrogen-bond acceptors (Lipinski definition) is 4. The Morgan fingerprint density at radius 2 is 1.90 bits per heavy atom. The largest absolute Gasteiger partial charge is 0.481 e. The number of aryl methyl sites for hydroxylation is 1. The minimum atomic E-state index is -3.39. The molecule has 1 fully saturated rings. The van der Waals surface area contributed by atoms with Crippen molar-refractivity contribution in [1.82, 2.24) is 0 Å². The molecule has 0 radical (unpaired) electrons. The second-order valence-corrected chi connectivity index (χ2v) is 7.62. The zero-order chi connectivity index (χ0) is 15.5. The van der Waals surface area contributed by atoms with Gasteiger partial charge in [0.15, 0.2) is 9.84 Å². The third-order valence-corrected chi connectivity index (χ3v) is 5.80. The number of sulfone groups is 1. The van der Waals surface area contributed by atoms with Gasteiger partial charge in [-0.3, -0.25) is 4.79 Å². The molecule has 6 heteroatoms. The van der Waals surface area contributed by atoms with Crippen molar-refractivity contribution in [3.8, 4) is 6.07 Å². The maximum atomic E-state index is 12.3. The van der Waals surface area contributed by atoms with Crippen LogP contribution in [0.4, 0.5) is 0 Å². The van der Waals surface area contributed by atoms with Crippen LogP contribution in [0.1, 0.15) is 31.2 Å². The van der Waals surface area contributed by atoms with Crippen LogP contribution in [0.2, 0.25) is 0 Å². The molecule has 0 atom stereocenters. The molecule has 0 spiro atoms. The van der Waals surface area contributed by atoms with Crippen LogP contribution in [0.25, 0.3) is 0 Å². The summed E-state index contributed by atoms with van der Waals surface area (Å²) >= 11 is 0. The van der Waals surface area contributed by atoms with Crippen LogP contribution < -0.4 is 0 Å². The number of benzene rings is 1. The molecule has 0 aliphatic heterocycles. The summed E-state index contributed by atoms with van der Waals surface area (Å²) in [5, 5.41) is 17.4. The van der Waals surface area contributed by atoms with Gasteiger partial charge >= 0.3 is 5.97 Å². The van der Waals surface area contributed by atoms with E-state index in [4.69, 9.17) is 10.4 Å². The molecular weight excluding hydrogens is 290 g/mol. The number of nitrogens with zero attached hydrogens (tertiary/aromatic N) is 1. The zero-order valence-corrected chi connectivity index (χ0v) is 12.4. The van der Waals surface area contributed by atoms with Gasteiger partial charge in [-0.15, -0.1) is 0 Å². The Kier molecular flexibility index (Phi) is 4.33. The normalized spacial score (nSPS) is 16.1. The van der Waals surface area contributed by atoms with E-state index in [-0.39, 0.29) is 28.9 Å². The molecule has 0 heterocycles. The zero-order valence-electron chi connectivity index (χ0n) is 11.6. The van der Waals surface area contributed by atoms with E-state index in [0.717, 1.165) is 18.4 Å². The van der Waals surface area contributed by atoms with E-state index in [0.29, 0.717) is 6.42 Å². The average Bonchev–Trinajstić information content (AvgIpc) is 3.16. The van der Waals surface area contributed by atoms with Crippen LogP contribution in [-0.4, -0.2) is 25.2 Å². The number of carbonyl (C=O) groups is 1. The molecule has 0 saturated heterocycles. The average molecular weight is 307 g/mol. The van der Waals surface area contributed by atoms with Gasteiger partial charge < -0.3 is 5.11 Å². The highest BCUT2D eigenvalue weighted by Crippen LogP contribution is 2.50. The molecule has 1 aliphatic rings. The molecule has 0 aromatic heterocycles. The van der Waals surface area contributed by atoms with Gasteiger partial charge in [0.1, 0.15) is 0 Å². The van der Waals surface area contributed by atoms with E-state index >= 15 is 0 Å². The fraction of sp³-hybridized carbons (Fsp3) is 0.467. The van der Waals surface area contributed by atoms with Crippen LogP contribution in [0, 0.1) is 16.7 Å². The fourth-order valence-electron chi connectivity index (χ4n) is 2.32. The lowest BCUT2D eigenvalue weighted by Gasteiger charge is -2.12. The van der Waals surface area contributed by atoms with Gasteiger partial charge in [0, 0.05) is 12.8 Å². The predicted molar refractivity (Wildman–Crippen MR) is 76.3 cm³/mol. The maximum Gasteiger partial charge on any atom is 0.303 e. The molecule has 112 valence electrons. The molecule has 5 nitrogen and oxygen atoms in total. The lowest BCUT2D eigenvalue weighted by Crippen LogP contribution is -2.17. The molecular formula is C15H17NO4S. The summed E-state index contributed by atoms with van der Waals surface area (Å²) in [6.45, 7) is 0. The second kappa shape index (κ2) is 5.86. The van der Waals surface area contributed by atoms with E-state index in [1.165, 1.54) is 12.1 Å². The summed E-state index contributed by atoms with van der Waals surface area (Å²) < 4.78 is 24.7. The first-order chi connectivity index (χ1) is 9.87. The van der Waals surface area contributed by atoms with Crippen LogP contribution in [-0.2, 0) is 21.1 Å². The van der Waals surface area contributed by atoms with E-state index < -0.39 is 15.8 Å². The first-order valence-corrected chi connectivity index (χ1v) is 8.43. The van der Waals surface area contributed by atoms with Gasteiger partial charge in [-0.1, -0.05) is 12.1 Å². The third kappa shape index (κ3) is 4.05. The molecule has 2 rings (SSSR count). The molecule has 1 aromatic rings. The number of carboxylic acids is 1. The summed E-state index contributed by atoms with van der Waals surface area (Å²) in [4.78, 5) is 10.7. The topological polar surface area (TPSA) is 95.2 Å². The molecule has 0 unspecified atom stereocenters. The highest BCUT2D eigenvalue weighted by atomic mass is 32.2. The van der Waals surface area contributed by atoms with E-state index in [1.54, 1.807) is 12.1 Å². The van der Waals surface area contributed by atoms with Gasteiger partial charge in [0.05, 0.1) is 16.7 Å². The van der Waals surface area contributed by atoms with Crippen molar-refractivity contribution >= 4 is 15.8 Å². The summed E-state index contributed by atoms with van der Waals surface area (Å²) in [6.07, 6.45) is 2.27. The number of carboxylic acid groups (broad SMARTS) is 1. The maximum absolute atomic E-state index is 12.3. The standard InChI is InChI=1S/C15H17NO4S/c16-10-9-15(7-8-15)11-21(19,20)13-4-1-12(2-5-13)3-6-14(17)18/h1-2,4-5H,3,6-9,11H2,(H,17,18). The minimum Gasteiger partial charge on any atom is -0.481 e. The van der Waals surface area contributed by atoms with E-state index in [9.17, 15) is 13.2 Å². The lowest BCUT2D eigenvalue weighted by atomic mass is 10.1. The molecule has 0 amide bonds. The molecule has 0 bridgehead atoms. The van der Waals surface area contributed by atoms with Crippen molar-refractivity contribution in [2.45, 2.75) is 37.0 Å². The van der Waals surface area contributed by atoms with Crippen molar-refractivity contribution in [1.29, 1.82) is 5.26 Å². The number of nitriles is 1. The van der Waals surface area contributed by atoms with Crippen molar-refractivity contribution in [2.24, 2.45) is 5.41 Å². The number of hydrogen-bond donors (Lipinski definition) is 1. The van der Waals surface area contributed by atoms with Crippen molar-refractivity contribution in [2.75, 3.05) is 5.75 Å². The second-order valence-electron chi connectivity index (χ2n) is 5.63. The Morgan fingerprint density at radius 3 is 2.38 bits per heavy atom. The Balaban J connectivity index is 2.07. The van der Waals surface area contributed by atoms with Gasteiger partial charge in [-0.25, -0.2) is 8.42 Å². The van der Waals surface area contributed by atoms with Crippen molar-refractivity contribution in [3.63, 3.8) is 0 Å². The Hall–Kier alpha value is -1.87. The number of aliphatic carboxylic acids is 1. The predicted octanol–water partition coefficient (Wildman–Crippen LogP) is 2.17.